The van der Waals surface area contributed by atoms with Crippen LogP contribution in [0.25, 0.3) is 0 Å². The molecule has 1 aliphatic heterocycles. The van der Waals surface area contributed by atoms with Gasteiger partial charge in [0.2, 0.25) is 0 Å². The molecule has 2 heterocycles. The second-order valence-electron chi connectivity index (χ2n) is 7.07. The molecule has 5 heteroatoms. The first-order valence-electron chi connectivity index (χ1n) is 9.43. The molecule has 1 N–H and O–H groups in total. The monoisotopic (exact) mass is 350 g/mol. The Balaban J connectivity index is 1.45. The van der Waals surface area contributed by atoms with Gasteiger partial charge in [-0.15, -0.1) is 11.3 Å². The van der Waals surface area contributed by atoms with E-state index < -0.39 is 0 Å². The summed E-state index contributed by atoms with van der Waals surface area (Å²) in [5, 5.41) is 5.21. The summed E-state index contributed by atoms with van der Waals surface area (Å²) in [4.78, 5) is 16.0. The normalized spacial score (nSPS) is 26.9. The molecular weight excluding hydrogens is 320 g/mol. The lowest BCUT2D eigenvalue weighted by Gasteiger charge is -2.35. The average molecular weight is 351 g/mol. The first-order valence-corrected chi connectivity index (χ1v) is 10.3. The van der Waals surface area contributed by atoms with Gasteiger partial charge in [-0.1, -0.05) is 26.7 Å². The Morgan fingerprint density at radius 3 is 3.04 bits per heavy atom. The van der Waals surface area contributed by atoms with E-state index in [0.717, 1.165) is 19.4 Å². The number of thiophene rings is 1. The Morgan fingerprint density at radius 1 is 1.42 bits per heavy atom. The highest BCUT2D eigenvalue weighted by Gasteiger charge is 2.30. The summed E-state index contributed by atoms with van der Waals surface area (Å²) in [7, 11) is 0. The predicted octanol–water partition coefficient (Wildman–Crippen LogP) is 4.36. The first kappa shape index (κ1) is 17.7. The molecule has 0 radical (unpaired) electrons. The third-order valence-corrected chi connectivity index (χ3v) is 6.48. The first-order chi connectivity index (χ1) is 11.7. The van der Waals surface area contributed by atoms with Crippen molar-refractivity contribution in [2.45, 2.75) is 64.5 Å². The molecular formula is C19H30N2O2S. The van der Waals surface area contributed by atoms with Gasteiger partial charge in [-0.2, -0.15) is 0 Å². The van der Waals surface area contributed by atoms with Crippen LogP contribution in [-0.4, -0.2) is 36.7 Å². The zero-order valence-corrected chi connectivity index (χ0v) is 15.7. The Bertz CT molecular complexity index is 545. The molecule has 3 unspecified atom stereocenters. The van der Waals surface area contributed by atoms with Crippen LogP contribution in [0.3, 0.4) is 0 Å². The largest absolute Gasteiger partial charge is 0.376 e. The Labute approximate surface area is 149 Å². The van der Waals surface area contributed by atoms with Crippen molar-refractivity contribution in [3.05, 3.63) is 21.9 Å². The SMILES string of the molecule is CCC1c2ccsc2CCN1C(=O)NCCOC1CCCCC1C. The molecule has 134 valence electrons. The fourth-order valence-corrected chi connectivity index (χ4v) is 5.01. The van der Waals surface area contributed by atoms with Gasteiger partial charge in [-0.05, 0) is 48.6 Å². The molecule has 2 amide bonds. The van der Waals surface area contributed by atoms with Gasteiger partial charge in [-0.25, -0.2) is 4.79 Å². The van der Waals surface area contributed by atoms with E-state index in [1.54, 1.807) is 0 Å². The average Bonchev–Trinajstić information content (AvgIpc) is 3.07. The summed E-state index contributed by atoms with van der Waals surface area (Å²) < 4.78 is 6.00. The van der Waals surface area contributed by atoms with Crippen molar-refractivity contribution >= 4 is 17.4 Å². The summed E-state index contributed by atoms with van der Waals surface area (Å²) in [5.74, 6) is 0.651. The van der Waals surface area contributed by atoms with Crippen LogP contribution in [0.5, 0.6) is 0 Å². The second kappa shape index (κ2) is 8.34. The van der Waals surface area contributed by atoms with Gasteiger partial charge in [0.1, 0.15) is 0 Å². The highest BCUT2D eigenvalue weighted by atomic mass is 32.1. The quantitative estimate of drug-likeness (QED) is 0.802. The summed E-state index contributed by atoms with van der Waals surface area (Å²) >= 11 is 1.82. The van der Waals surface area contributed by atoms with E-state index in [9.17, 15) is 4.79 Å². The summed E-state index contributed by atoms with van der Waals surface area (Å²) in [5.41, 5.74) is 1.34. The molecule has 1 saturated carbocycles. The number of hydrogen-bond acceptors (Lipinski definition) is 3. The maximum Gasteiger partial charge on any atom is 0.318 e. The van der Waals surface area contributed by atoms with Crippen molar-refractivity contribution in [2.75, 3.05) is 19.7 Å². The van der Waals surface area contributed by atoms with Crippen LogP contribution in [-0.2, 0) is 11.2 Å². The van der Waals surface area contributed by atoms with Crippen molar-refractivity contribution in [1.82, 2.24) is 10.2 Å². The summed E-state index contributed by atoms with van der Waals surface area (Å²) in [6, 6.07) is 2.46. The molecule has 1 aromatic rings. The molecule has 1 aromatic heterocycles. The molecule has 0 aromatic carbocycles. The molecule has 2 aliphatic rings. The Morgan fingerprint density at radius 2 is 2.25 bits per heavy atom. The third kappa shape index (κ3) is 3.94. The van der Waals surface area contributed by atoms with E-state index in [1.165, 1.54) is 36.1 Å². The van der Waals surface area contributed by atoms with Crippen LogP contribution < -0.4 is 5.32 Å². The standard InChI is InChI=1S/C19H30N2O2S/c1-3-16-15-9-13-24-18(15)8-11-21(16)19(22)20-10-12-23-17-7-5-4-6-14(17)2/h9,13-14,16-17H,3-8,10-12H2,1-2H3,(H,20,22). The number of fused-ring (bicyclic) bond motifs is 1. The van der Waals surface area contributed by atoms with Gasteiger partial charge in [0.05, 0.1) is 18.8 Å². The third-order valence-electron chi connectivity index (χ3n) is 5.49. The van der Waals surface area contributed by atoms with Crippen molar-refractivity contribution < 1.29 is 9.53 Å². The number of hydrogen-bond donors (Lipinski definition) is 1. The lowest BCUT2D eigenvalue weighted by atomic mass is 9.88. The van der Waals surface area contributed by atoms with Crippen molar-refractivity contribution in [3.8, 4) is 0 Å². The zero-order valence-electron chi connectivity index (χ0n) is 14.9. The van der Waals surface area contributed by atoms with Crippen LogP contribution in [0.2, 0.25) is 0 Å². The lowest BCUT2D eigenvalue weighted by molar-refractivity contribution is -0.00285. The highest BCUT2D eigenvalue weighted by molar-refractivity contribution is 7.10. The second-order valence-corrected chi connectivity index (χ2v) is 8.07. The molecule has 1 fully saturated rings. The summed E-state index contributed by atoms with van der Waals surface area (Å²) in [6.07, 6.45) is 7.36. The van der Waals surface area contributed by atoms with Crippen LogP contribution >= 0.6 is 11.3 Å². The fourth-order valence-electron chi connectivity index (χ4n) is 4.08. The van der Waals surface area contributed by atoms with Crippen molar-refractivity contribution in [1.29, 1.82) is 0 Å². The van der Waals surface area contributed by atoms with E-state index in [4.69, 9.17) is 4.74 Å². The molecule has 24 heavy (non-hydrogen) atoms. The summed E-state index contributed by atoms with van der Waals surface area (Å²) in [6.45, 7) is 6.48. The van der Waals surface area contributed by atoms with E-state index in [1.807, 2.05) is 16.2 Å². The van der Waals surface area contributed by atoms with Crippen molar-refractivity contribution in [2.24, 2.45) is 5.92 Å². The van der Waals surface area contributed by atoms with Gasteiger partial charge in [0.15, 0.2) is 0 Å². The maximum absolute atomic E-state index is 12.6. The van der Waals surface area contributed by atoms with Crippen molar-refractivity contribution in [3.63, 3.8) is 0 Å². The van der Waals surface area contributed by atoms with Crippen LogP contribution in [0.15, 0.2) is 11.4 Å². The Hall–Kier alpha value is -1.07. The fraction of sp³-hybridized carbons (Fsp3) is 0.737. The van der Waals surface area contributed by atoms with E-state index in [2.05, 4.69) is 30.6 Å². The van der Waals surface area contributed by atoms with Gasteiger partial charge >= 0.3 is 6.03 Å². The molecule has 0 saturated heterocycles. The number of ether oxygens (including phenoxy) is 1. The van der Waals surface area contributed by atoms with E-state index in [0.29, 0.717) is 25.2 Å². The number of urea groups is 1. The highest BCUT2D eigenvalue weighted by Crippen LogP contribution is 2.35. The Kier molecular flexibility index (Phi) is 6.17. The van der Waals surface area contributed by atoms with Crippen LogP contribution in [0.4, 0.5) is 4.79 Å². The number of rotatable bonds is 5. The lowest BCUT2D eigenvalue weighted by Crippen LogP contribution is -2.46. The minimum atomic E-state index is 0.0546. The topological polar surface area (TPSA) is 41.6 Å². The number of amides is 2. The van der Waals surface area contributed by atoms with Gasteiger partial charge in [0, 0.05) is 18.0 Å². The molecule has 3 atom stereocenters. The molecule has 4 nitrogen and oxygen atoms in total. The number of carbonyl (C=O) groups is 1. The van der Waals surface area contributed by atoms with Gasteiger partial charge in [-0.3, -0.25) is 0 Å². The molecule has 0 bridgehead atoms. The maximum atomic E-state index is 12.6. The van der Waals surface area contributed by atoms with E-state index in [-0.39, 0.29) is 12.1 Å². The molecule has 0 spiro atoms. The molecule has 3 rings (SSSR count). The van der Waals surface area contributed by atoms with Crippen LogP contribution in [0.1, 0.15) is 62.4 Å². The predicted molar refractivity (Wildman–Crippen MR) is 98.5 cm³/mol. The smallest absolute Gasteiger partial charge is 0.318 e. The zero-order chi connectivity index (χ0) is 16.9. The van der Waals surface area contributed by atoms with Gasteiger partial charge in [0.25, 0.3) is 0 Å². The number of nitrogens with zero attached hydrogens (tertiary/aromatic N) is 1. The number of carbonyl (C=O) groups excluding carboxylic acids is 1. The minimum absolute atomic E-state index is 0.0546. The van der Waals surface area contributed by atoms with Crippen LogP contribution in [0, 0.1) is 5.92 Å². The van der Waals surface area contributed by atoms with Gasteiger partial charge < -0.3 is 15.0 Å². The minimum Gasteiger partial charge on any atom is -0.376 e. The molecule has 1 aliphatic carbocycles. The number of nitrogens with one attached hydrogen (secondary N) is 1. The van der Waals surface area contributed by atoms with E-state index >= 15 is 0 Å².